The van der Waals surface area contributed by atoms with Crippen LogP contribution in [0, 0.1) is 0 Å². The van der Waals surface area contributed by atoms with Gasteiger partial charge in [0, 0.05) is 13.2 Å². The fourth-order valence-corrected chi connectivity index (χ4v) is 1.92. The average molecular weight is 271 g/mol. The normalized spacial score (nSPS) is 12.2. The van der Waals surface area contributed by atoms with Crippen molar-refractivity contribution in [1.29, 1.82) is 0 Å². The van der Waals surface area contributed by atoms with Gasteiger partial charge in [0.05, 0.1) is 6.61 Å². The number of benzene rings is 2. The number of hydrogen-bond acceptors (Lipinski definition) is 3. The molecule has 0 amide bonds. The van der Waals surface area contributed by atoms with Gasteiger partial charge in [-0.2, -0.15) is 0 Å². The molecule has 2 rings (SSSR count). The summed E-state index contributed by atoms with van der Waals surface area (Å²) in [7, 11) is 1.71. The summed E-state index contributed by atoms with van der Waals surface area (Å²) in [5.41, 5.74) is 8.17. The number of methoxy groups -OCH3 is 1. The molecular formula is C17H21NO2. The summed E-state index contributed by atoms with van der Waals surface area (Å²) < 4.78 is 10.9. The second kappa shape index (κ2) is 7.08. The minimum absolute atomic E-state index is 0.0455. The summed E-state index contributed by atoms with van der Waals surface area (Å²) in [5, 5.41) is 0. The lowest BCUT2D eigenvalue weighted by atomic mass is 10.1. The standard InChI is InChI=1S/C17H21NO2/c1-13(18)15-5-9-17(10-6-15)20-16-7-3-14(4-8-16)11-12-19-2/h3-10,13H,11-12,18H2,1-2H3/t13-/m1/s1. The molecule has 2 aromatic rings. The van der Waals surface area contributed by atoms with Gasteiger partial charge in [-0.3, -0.25) is 0 Å². The van der Waals surface area contributed by atoms with Gasteiger partial charge in [-0.1, -0.05) is 24.3 Å². The second-order valence-corrected chi connectivity index (χ2v) is 4.85. The van der Waals surface area contributed by atoms with Crippen molar-refractivity contribution >= 4 is 0 Å². The zero-order valence-corrected chi connectivity index (χ0v) is 12.0. The van der Waals surface area contributed by atoms with Crippen LogP contribution in [0.2, 0.25) is 0 Å². The van der Waals surface area contributed by atoms with Gasteiger partial charge in [0.2, 0.25) is 0 Å². The van der Waals surface area contributed by atoms with E-state index in [1.165, 1.54) is 5.56 Å². The molecule has 0 fully saturated rings. The monoisotopic (exact) mass is 271 g/mol. The van der Waals surface area contributed by atoms with Crippen molar-refractivity contribution in [2.75, 3.05) is 13.7 Å². The molecule has 0 unspecified atom stereocenters. The fourth-order valence-electron chi connectivity index (χ4n) is 1.92. The Hall–Kier alpha value is -1.84. The summed E-state index contributed by atoms with van der Waals surface area (Å²) in [5.74, 6) is 1.65. The van der Waals surface area contributed by atoms with Gasteiger partial charge in [0.15, 0.2) is 0 Å². The van der Waals surface area contributed by atoms with E-state index in [-0.39, 0.29) is 6.04 Å². The van der Waals surface area contributed by atoms with Crippen molar-refractivity contribution < 1.29 is 9.47 Å². The number of nitrogens with two attached hydrogens (primary N) is 1. The Morgan fingerprint density at radius 3 is 2.00 bits per heavy atom. The molecule has 0 aliphatic carbocycles. The minimum Gasteiger partial charge on any atom is -0.457 e. The van der Waals surface area contributed by atoms with E-state index in [1.807, 2.05) is 43.3 Å². The van der Waals surface area contributed by atoms with Gasteiger partial charge in [-0.15, -0.1) is 0 Å². The Morgan fingerprint density at radius 2 is 1.50 bits per heavy atom. The van der Waals surface area contributed by atoms with Gasteiger partial charge in [-0.05, 0) is 48.7 Å². The minimum atomic E-state index is 0.0455. The average Bonchev–Trinajstić information content (AvgIpc) is 2.47. The van der Waals surface area contributed by atoms with Gasteiger partial charge < -0.3 is 15.2 Å². The molecule has 3 nitrogen and oxygen atoms in total. The van der Waals surface area contributed by atoms with Crippen LogP contribution in [0.1, 0.15) is 24.1 Å². The third-order valence-corrected chi connectivity index (χ3v) is 3.16. The molecule has 0 aromatic heterocycles. The molecule has 2 N–H and O–H groups in total. The van der Waals surface area contributed by atoms with Gasteiger partial charge in [0.25, 0.3) is 0 Å². The first-order valence-electron chi connectivity index (χ1n) is 6.80. The molecule has 0 aliphatic heterocycles. The van der Waals surface area contributed by atoms with Crippen molar-refractivity contribution in [2.24, 2.45) is 5.73 Å². The predicted molar refractivity (Wildman–Crippen MR) is 81.1 cm³/mol. The van der Waals surface area contributed by atoms with E-state index in [1.54, 1.807) is 7.11 Å². The van der Waals surface area contributed by atoms with Crippen molar-refractivity contribution in [3.8, 4) is 11.5 Å². The van der Waals surface area contributed by atoms with Crippen molar-refractivity contribution in [3.05, 3.63) is 59.7 Å². The predicted octanol–water partition coefficient (Wildman–Crippen LogP) is 3.69. The third kappa shape index (κ3) is 4.08. The van der Waals surface area contributed by atoms with Crippen molar-refractivity contribution in [2.45, 2.75) is 19.4 Å². The Labute approximate surface area is 120 Å². The smallest absolute Gasteiger partial charge is 0.127 e. The Balaban J connectivity index is 1.98. The molecule has 3 heteroatoms. The highest BCUT2D eigenvalue weighted by Crippen LogP contribution is 2.23. The first-order chi connectivity index (χ1) is 9.69. The Kier molecular flexibility index (Phi) is 5.16. The molecular weight excluding hydrogens is 250 g/mol. The van der Waals surface area contributed by atoms with E-state index in [0.29, 0.717) is 0 Å². The SMILES string of the molecule is COCCc1ccc(Oc2ccc([C@@H](C)N)cc2)cc1. The number of rotatable bonds is 6. The van der Waals surface area contributed by atoms with Crippen LogP contribution in [0.3, 0.4) is 0 Å². The van der Waals surface area contributed by atoms with E-state index in [4.69, 9.17) is 15.2 Å². The molecule has 0 spiro atoms. The van der Waals surface area contributed by atoms with Gasteiger partial charge in [-0.25, -0.2) is 0 Å². The molecule has 0 bridgehead atoms. The molecule has 2 aromatic carbocycles. The first kappa shape index (κ1) is 14.6. The molecule has 0 heterocycles. The second-order valence-electron chi connectivity index (χ2n) is 4.85. The molecule has 0 radical (unpaired) electrons. The highest BCUT2D eigenvalue weighted by molar-refractivity contribution is 5.35. The topological polar surface area (TPSA) is 44.5 Å². The number of hydrogen-bond donors (Lipinski definition) is 1. The van der Waals surface area contributed by atoms with E-state index < -0.39 is 0 Å². The zero-order valence-electron chi connectivity index (χ0n) is 12.0. The molecule has 0 aliphatic rings. The summed E-state index contributed by atoms with van der Waals surface area (Å²) in [4.78, 5) is 0. The fraction of sp³-hybridized carbons (Fsp3) is 0.294. The lowest BCUT2D eigenvalue weighted by molar-refractivity contribution is 0.202. The maximum atomic E-state index is 5.82. The van der Waals surface area contributed by atoms with Crippen LogP contribution in [-0.4, -0.2) is 13.7 Å². The molecule has 0 saturated carbocycles. The highest BCUT2D eigenvalue weighted by Gasteiger charge is 2.01. The lowest BCUT2D eigenvalue weighted by Gasteiger charge is -2.09. The van der Waals surface area contributed by atoms with Crippen LogP contribution in [0.5, 0.6) is 11.5 Å². The highest BCUT2D eigenvalue weighted by atomic mass is 16.5. The van der Waals surface area contributed by atoms with E-state index in [2.05, 4.69) is 12.1 Å². The molecule has 106 valence electrons. The van der Waals surface area contributed by atoms with Gasteiger partial charge >= 0.3 is 0 Å². The van der Waals surface area contributed by atoms with Crippen molar-refractivity contribution in [1.82, 2.24) is 0 Å². The van der Waals surface area contributed by atoms with Crippen LogP contribution in [0.4, 0.5) is 0 Å². The first-order valence-corrected chi connectivity index (χ1v) is 6.80. The summed E-state index contributed by atoms with van der Waals surface area (Å²) in [6.07, 6.45) is 0.917. The van der Waals surface area contributed by atoms with Gasteiger partial charge in [0.1, 0.15) is 11.5 Å². The molecule has 1 atom stereocenters. The van der Waals surface area contributed by atoms with Crippen molar-refractivity contribution in [3.63, 3.8) is 0 Å². The quantitative estimate of drug-likeness (QED) is 0.871. The maximum absolute atomic E-state index is 5.82. The van der Waals surface area contributed by atoms with E-state index >= 15 is 0 Å². The van der Waals surface area contributed by atoms with E-state index in [9.17, 15) is 0 Å². The summed E-state index contributed by atoms with van der Waals surface area (Å²) in [6, 6.07) is 16.0. The van der Waals surface area contributed by atoms with E-state index in [0.717, 1.165) is 30.1 Å². The number of ether oxygens (including phenoxy) is 2. The zero-order chi connectivity index (χ0) is 14.4. The third-order valence-electron chi connectivity index (χ3n) is 3.16. The maximum Gasteiger partial charge on any atom is 0.127 e. The summed E-state index contributed by atoms with van der Waals surface area (Å²) >= 11 is 0. The van der Waals surface area contributed by atoms with Crippen LogP contribution >= 0.6 is 0 Å². The summed E-state index contributed by atoms with van der Waals surface area (Å²) in [6.45, 7) is 2.70. The lowest BCUT2D eigenvalue weighted by Crippen LogP contribution is -2.04. The molecule has 0 saturated heterocycles. The van der Waals surface area contributed by atoms with Crippen LogP contribution in [0.25, 0.3) is 0 Å². The molecule has 20 heavy (non-hydrogen) atoms. The Bertz CT molecular complexity index is 518. The van der Waals surface area contributed by atoms with Crippen LogP contribution in [0.15, 0.2) is 48.5 Å². The Morgan fingerprint density at radius 1 is 0.950 bits per heavy atom. The largest absolute Gasteiger partial charge is 0.457 e. The van der Waals surface area contributed by atoms with Crippen LogP contribution in [-0.2, 0) is 11.2 Å². The van der Waals surface area contributed by atoms with Crippen LogP contribution < -0.4 is 10.5 Å².